The van der Waals surface area contributed by atoms with E-state index in [1.807, 2.05) is 37.3 Å². The lowest BCUT2D eigenvalue weighted by Gasteiger charge is -2.22. The molecule has 2 rings (SSSR count). The van der Waals surface area contributed by atoms with E-state index < -0.39 is 0 Å². The molecule has 3 heteroatoms. The van der Waals surface area contributed by atoms with Gasteiger partial charge in [0.2, 0.25) is 5.91 Å². The Morgan fingerprint density at radius 3 is 2.40 bits per heavy atom. The van der Waals surface area contributed by atoms with Gasteiger partial charge in [-0.3, -0.25) is 4.79 Å². The van der Waals surface area contributed by atoms with E-state index in [4.69, 9.17) is 0 Å². The van der Waals surface area contributed by atoms with Crippen LogP contribution < -0.4 is 4.90 Å². The molecule has 1 amide bonds. The third-order valence-electron chi connectivity index (χ3n) is 3.29. The summed E-state index contributed by atoms with van der Waals surface area (Å²) in [4.78, 5) is 13.4. The van der Waals surface area contributed by atoms with E-state index in [1.54, 1.807) is 17.0 Å². The molecule has 20 heavy (non-hydrogen) atoms. The Kier molecular flexibility index (Phi) is 4.51. The van der Waals surface area contributed by atoms with Crippen LogP contribution in [0.25, 0.3) is 0 Å². The van der Waals surface area contributed by atoms with Crippen molar-refractivity contribution in [1.29, 1.82) is 0 Å². The van der Waals surface area contributed by atoms with Gasteiger partial charge in [0.05, 0.1) is 6.54 Å². The summed E-state index contributed by atoms with van der Waals surface area (Å²) in [6, 6.07) is 14.7. The van der Waals surface area contributed by atoms with E-state index in [9.17, 15) is 9.18 Å². The van der Waals surface area contributed by atoms with Crippen LogP contribution in [0.15, 0.2) is 48.5 Å². The Hall–Kier alpha value is -2.16. The molecule has 2 aromatic rings. The Bertz CT molecular complexity index is 595. The number of carbonyl (C=O) groups is 1. The van der Waals surface area contributed by atoms with Crippen molar-refractivity contribution in [2.75, 3.05) is 4.90 Å². The van der Waals surface area contributed by atoms with Gasteiger partial charge in [-0.2, -0.15) is 0 Å². The molecule has 0 radical (unpaired) electrons. The van der Waals surface area contributed by atoms with Crippen LogP contribution in [-0.2, 0) is 17.8 Å². The molecule has 2 aromatic carbocycles. The lowest BCUT2D eigenvalue weighted by Crippen LogP contribution is -2.27. The Balaban J connectivity index is 2.29. The second-order valence-electron chi connectivity index (χ2n) is 4.72. The summed E-state index contributed by atoms with van der Waals surface area (Å²) < 4.78 is 13.9. The van der Waals surface area contributed by atoms with Crippen LogP contribution in [0.3, 0.4) is 0 Å². The highest BCUT2D eigenvalue weighted by molar-refractivity contribution is 5.91. The third kappa shape index (κ3) is 3.23. The lowest BCUT2D eigenvalue weighted by molar-refractivity contribution is -0.116. The monoisotopic (exact) mass is 271 g/mol. The molecule has 104 valence electrons. The van der Waals surface area contributed by atoms with E-state index >= 15 is 0 Å². The van der Waals surface area contributed by atoms with Gasteiger partial charge in [0.25, 0.3) is 0 Å². The average Bonchev–Trinajstić information content (AvgIpc) is 2.45. The molecule has 0 spiro atoms. The van der Waals surface area contributed by atoms with Crippen molar-refractivity contribution < 1.29 is 9.18 Å². The fraction of sp³-hybridized carbons (Fsp3) is 0.235. The minimum atomic E-state index is -0.260. The van der Waals surface area contributed by atoms with Gasteiger partial charge in [-0.25, -0.2) is 4.39 Å². The number of hydrogen-bond acceptors (Lipinski definition) is 1. The molecule has 0 fully saturated rings. The maximum absolute atomic E-state index is 13.9. The minimum absolute atomic E-state index is 0.0995. The van der Waals surface area contributed by atoms with E-state index in [-0.39, 0.29) is 11.7 Å². The highest BCUT2D eigenvalue weighted by Gasteiger charge is 2.13. The molecule has 0 aromatic heterocycles. The maximum Gasteiger partial charge on any atom is 0.224 e. The van der Waals surface area contributed by atoms with E-state index in [2.05, 4.69) is 0 Å². The van der Waals surface area contributed by atoms with Crippen LogP contribution in [0, 0.1) is 5.82 Å². The quantitative estimate of drug-likeness (QED) is 0.824. The van der Waals surface area contributed by atoms with E-state index in [0.29, 0.717) is 24.2 Å². The second-order valence-corrected chi connectivity index (χ2v) is 4.72. The summed E-state index contributed by atoms with van der Waals surface area (Å²) in [6.07, 6.45) is 0.644. The van der Waals surface area contributed by atoms with Crippen LogP contribution >= 0.6 is 0 Å². The zero-order valence-electron chi connectivity index (χ0n) is 11.8. The molecule has 0 aliphatic heterocycles. The molecular formula is C17H18FNO. The molecule has 0 heterocycles. The van der Waals surface area contributed by atoms with Gasteiger partial charge in [-0.15, -0.1) is 0 Å². The number of anilines is 1. The fourth-order valence-electron chi connectivity index (χ4n) is 2.14. The van der Waals surface area contributed by atoms with Crippen molar-refractivity contribution in [3.63, 3.8) is 0 Å². The average molecular weight is 271 g/mol. The van der Waals surface area contributed by atoms with Crippen molar-refractivity contribution in [3.8, 4) is 0 Å². The molecular weight excluding hydrogens is 253 g/mol. The largest absolute Gasteiger partial charge is 0.308 e. The summed E-state index contributed by atoms with van der Waals surface area (Å²) in [7, 11) is 0. The van der Waals surface area contributed by atoms with Crippen molar-refractivity contribution in [3.05, 3.63) is 65.5 Å². The predicted molar refractivity (Wildman–Crippen MR) is 79.1 cm³/mol. The molecule has 0 saturated carbocycles. The first-order valence-electron chi connectivity index (χ1n) is 6.72. The summed E-state index contributed by atoms with van der Waals surface area (Å²) >= 11 is 0. The fourth-order valence-corrected chi connectivity index (χ4v) is 2.14. The van der Waals surface area contributed by atoms with Crippen LogP contribution in [0.4, 0.5) is 10.1 Å². The Morgan fingerprint density at radius 1 is 1.15 bits per heavy atom. The third-order valence-corrected chi connectivity index (χ3v) is 3.29. The summed E-state index contributed by atoms with van der Waals surface area (Å²) in [5.41, 5.74) is 2.27. The topological polar surface area (TPSA) is 20.3 Å². The van der Waals surface area contributed by atoms with Crippen LogP contribution in [0.1, 0.15) is 25.0 Å². The molecule has 0 saturated heterocycles. The van der Waals surface area contributed by atoms with Gasteiger partial charge in [0.1, 0.15) is 5.82 Å². The first-order chi connectivity index (χ1) is 9.61. The van der Waals surface area contributed by atoms with Gasteiger partial charge >= 0.3 is 0 Å². The SMILES string of the molecule is CCc1ccc(N(Cc2ccccc2)C(C)=O)cc1F. The van der Waals surface area contributed by atoms with E-state index in [1.165, 1.54) is 13.0 Å². The molecule has 0 bridgehead atoms. The van der Waals surface area contributed by atoms with Crippen molar-refractivity contribution in [2.24, 2.45) is 0 Å². The number of amides is 1. The normalized spacial score (nSPS) is 10.3. The number of aryl methyl sites for hydroxylation is 1. The van der Waals surface area contributed by atoms with Crippen molar-refractivity contribution >= 4 is 11.6 Å². The highest BCUT2D eigenvalue weighted by atomic mass is 19.1. The first-order valence-corrected chi connectivity index (χ1v) is 6.72. The maximum atomic E-state index is 13.9. The van der Waals surface area contributed by atoms with Gasteiger partial charge in [-0.05, 0) is 29.7 Å². The van der Waals surface area contributed by atoms with Crippen molar-refractivity contribution in [2.45, 2.75) is 26.8 Å². The standard InChI is InChI=1S/C17H18FNO/c1-3-15-9-10-16(11-17(15)18)19(13(2)20)12-14-7-5-4-6-8-14/h4-11H,3,12H2,1-2H3. The lowest BCUT2D eigenvalue weighted by atomic mass is 10.1. The van der Waals surface area contributed by atoms with Gasteiger partial charge in [0, 0.05) is 12.6 Å². The number of nitrogens with zero attached hydrogens (tertiary/aromatic N) is 1. The van der Waals surface area contributed by atoms with Gasteiger partial charge in [0.15, 0.2) is 0 Å². The molecule has 0 unspecified atom stereocenters. The minimum Gasteiger partial charge on any atom is -0.308 e. The van der Waals surface area contributed by atoms with E-state index in [0.717, 1.165) is 5.56 Å². The molecule has 0 aliphatic rings. The number of benzene rings is 2. The zero-order chi connectivity index (χ0) is 14.5. The smallest absolute Gasteiger partial charge is 0.224 e. The summed E-state index contributed by atoms with van der Waals surface area (Å²) in [6.45, 7) is 3.85. The zero-order valence-corrected chi connectivity index (χ0v) is 11.8. The molecule has 0 N–H and O–H groups in total. The number of hydrogen-bond donors (Lipinski definition) is 0. The number of rotatable bonds is 4. The Morgan fingerprint density at radius 2 is 1.85 bits per heavy atom. The van der Waals surface area contributed by atoms with Gasteiger partial charge < -0.3 is 4.90 Å². The van der Waals surface area contributed by atoms with Crippen LogP contribution in [0.5, 0.6) is 0 Å². The number of carbonyl (C=O) groups excluding carboxylic acids is 1. The second kappa shape index (κ2) is 6.33. The summed E-state index contributed by atoms with van der Waals surface area (Å²) in [5.74, 6) is -0.359. The first kappa shape index (κ1) is 14.3. The van der Waals surface area contributed by atoms with Crippen molar-refractivity contribution in [1.82, 2.24) is 0 Å². The Labute approximate surface area is 118 Å². The van der Waals surface area contributed by atoms with Crippen LogP contribution in [-0.4, -0.2) is 5.91 Å². The highest BCUT2D eigenvalue weighted by Crippen LogP contribution is 2.21. The summed E-state index contributed by atoms with van der Waals surface area (Å²) in [5, 5.41) is 0. The molecule has 0 aliphatic carbocycles. The van der Waals surface area contributed by atoms with Crippen LogP contribution in [0.2, 0.25) is 0 Å². The van der Waals surface area contributed by atoms with Gasteiger partial charge in [-0.1, -0.05) is 43.3 Å². The molecule has 0 atom stereocenters. The molecule has 2 nitrogen and oxygen atoms in total. The predicted octanol–water partition coefficient (Wildman–Crippen LogP) is 3.94. The number of halogens is 1.